The monoisotopic (exact) mass is 295 g/mol. The van der Waals surface area contributed by atoms with Crippen molar-refractivity contribution in [3.63, 3.8) is 0 Å². The molecule has 4 nitrogen and oxygen atoms in total. The molecule has 1 N–H and O–H groups in total. The van der Waals surface area contributed by atoms with Crippen LogP contribution in [0.1, 0.15) is 39.5 Å². The van der Waals surface area contributed by atoms with E-state index in [1.165, 1.54) is 45.3 Å². The van der Waals surface area contributed by atoms with E-state index >= 15 is 0 Å². The van der Waals surface area contributed by atoms with Gasteiger partial charge in [-0.25, -0.2) is 0 Å². The molecule has 0 spiro atoms. The van der Waals surface area contributed by atoms with Gasteiger partial charge in [-0.2, -0.15) is 0 Å². The summed E-state index contributed by atoms with van der Waals surface area (Å²) in [6.07, 6.45) is 5.95. The van der Waals surface area contributed by atoms with Crippen molar-refractivity contribution < 1.29 is 4.74 Å². The zero-order valence-electron chi connectivity index (χ0n) is 13.9. The Hall–Kier alpha value is -0.160. The standard InChI is InChI=1S/C17H33N3O/c1-14(2)20-9-10-21-17(13-20)12-19-7-5-16(6-8-19)18-11-15-3-4-15/h14-18H,3-13H2,1-2H3. The van der Waals surface area contributed by atoms with Crippen LogP contribution >= 0.6 is 0 Å². The van der Waals surface area contributed by atoms with E-state index in [2.05, 4.69) is 29.0 Å². The van der Waals surface area contributed by atoms with Gasteiger partial charge in [0.15, 0.2) is 0 Å². The van der Waals surface area contributed by atoms with Crippen LogP contribution in [0.3, 0.4) is 0 Å². The maximum Gasteiger partial charge on any atom is 0.0829 e. The summed E-state index contributed by atoms with van der Waals surface area (Å²) in [5.41, 5.74) is 0. The predicted octanol–water partition coefficient (Wildman–Crippen LogP) is 1.56. The number of likely N-dealkylation sites (tertiary alicyclic amines) is 1. The number of nitrogens with one attached hydrogen (secondary N) is 1. The highest BCUT2D eigenvalue weighted by molar-refractivity contribution is 4.84. The van der Waals surface area contributed by atoms with Gasteiger partial charge in [0.2, 0.25) is 0 Å². The van der Waals surface area contributed by atoms with E-state index in [1.54, 1.807) is 0 Å². The molecular formula is C17H33N3O. The van der Waals surface area contributed by atoms with Gasteiger partial charge in [0.1, 0.15) is 0 Å². The number of ether oxygens (including phenoxy) is 1. The van der Waals surface area contributed by atoms with Crippen molar-refractivity contribution in [1.29, 1.82) is 0 Å². The van der Waals surface area contributed by atoms with E-state index in [-0.39, 0.29) is 0 Å². The molecule has 0 aromatic rings. The average Bonchev–Trinajstić information content (AvgIpc) is 3.31. The van der Waals surface area contributed by atoms with Gasteiger partial charge in [-0.05, 0) is 65.1 Å². The molecule has 1 saturated carbocycles. The average molecular weight is 295 g/mol. The summed E-state index contributed by atoms with van der Waals surface area (Å²) in [4.78, 5) is 5.17. The highest BCUT2D eigenvalue weighted by Crippen LogP contribution is 2.28. The van der Waals surface area contributed by atoms with Crippen molar-refractivity contribution in [2.75, 3.05) is 45.9 Å². The van der Waals surface area contributed by atoms with Gasteiger partial charge in [-0.15, -0.1) is 0 Å². The Morgan fingerprint density at radius 3 is 2.52 bits per heavy atom. The van der Waals surface area contributed by atoms with Crippen LogP contribution in [-0.2, 0) is 4.74 Å². The maximum absolute atomic E-state index is 5.98. The zero-order chi connectivity index (χ0) is 14.7. The highest BCUT2D eigenvalue weighted by atomic mass is 16.5. The first kappa shape index (κ1) is 15.7. The van der Waals surface area contributed by atoms with Gasteiger partial charge in [-0.3, -0.25) is 4.90 Å². The first-order valence-corrected chi connectivity index (χ1v) is 9.02. The van der Waals surface area contributed by atoms with Gasteiger partial charge in [0, 0.05) is 31.7 Å². The van der Waals surface area contributed by atoms with Crippen LogP contribution < -0.4 is 5.32 Å². The largest absolute Gasteiger partial charge is 0.374 e. The lowest BCUT2D eigenvalue weighted by Gasteiger charge is -2.39. The Labute approximate surface area is 130 Å². The second-order valence-electron chi connectivity index (χ2n) is 7.51. The minimum atomic E-state index is 0.414. The van der Waals surface area contributed by atoms with Crippen LogP contribution in [-0.4, -0.2) is 73.9 Å². The molecule has 1 aliphatic carbocycles. The molecule has 2 saturated heterocycles. The summed E-state index contributed by atoms with van der Waals surface area (Å²) in [7, 11) is 0. The second kappa shape index (κ2) is 7.40. The summed E-state index contributed by atoms with van der Waals surface area (Å²) < 4.78 is 5.98. The quantitative estimate of drug-likeness (QED) is 0.805. The smallest absolute Gasteiger partial charge is 0.0829 e. The normalized spacial score (nSPS) is 30.1. The fraction of sp³-hybridized carbons (Fsp3) is 1.00. The van der Waals surface area contributed by atoms with Crippen LogP contribution in [0.15, 0.2) is 0 Å². The van der Waals surface area contributed by atoms with Gasteiger partial charge < -0.3 is 15.0 Å². The van der Waals surface area contributed by atoms with Crippen LogP contribution in [0.25, 0.3) is 0 Å². The first-order chi connectivity index (χ1) is 10.2. The Bertz CT molecular complexity index is 311. The van der Waals surface area contributed by atoms with Crippen LogP contribution in [0.5, 0.6) is 0 Å². The van der Waals surface area contributed by atoms with Crippen LogP contribution in [0.2, 0.25) is 0 Å². The molecule has 0 aromatic heterocycles. The summed E-state index contributed by atoms with van der Waals surface area (Å²) >= 11 is 0. The molecule has 0 radical (unpaired) electrons. The van der Waals surface area contributed by atoms with Crippen molar-refractivity contribution >= 4 is 0 Å². The number of hydrogen-bond acceptors (Lipinski definition) is 4. The second-order valence-corrected chi connectivity index (χ2v) is 7.51. The summed E-state index contributed by atoms with van der Waals surface area (Å²) in [6.45, 7) is 12.6. The predicted molar refractivity (Wildman–Crippen MR) is 86.6 cm³/mol. The van der Waals surface area contributed by atoms with E-state index in [1.807, 2.05) is 0 Å². The van der Waals surface area contributed by atoms with Crippen molar-refractivity contribution in [3.8, 4) is 0 Å². The lowest BCUT2D eigenvalue weighted by atomic mass is 10.0. The topological polar surface area (TPSA) is 27.7 Å². The summed E-state index contributed by atoms with van der Waals surface area (Å²) in [5, 5.41) is 3.76. The Balaban J connectivity index is 1.34. The molecule has 0 amide bonds. The van der Waals surface area contributed by atoms with Crippen molar-refractivity contribution in [1.82, 2.24) is 15.1 Å². The van der Waals surface area contributed by atoms with Gasteiger partial charge in [0.25, 0.3) is 0 Å². The molecule has 122 valence electrons. The van der Waals surface area contributed by atoms with Crippen LogP contribution in [0, 0.1) is 5.92 Å². The van der Waals surface area contributed by atoms with Gasteiger partial charge in [0.05, 0.1) is 12.7 Å². The molecule has 0 bridgehead atoms. The summed E-state index contributed by atoms with van der Waals surface area (Å²) in [5.74, 6) is 1.00. The maximum atomic E-state index is 5.98. The third kappa shape index (κ3) is 4.92. The molecule has 3 rings (SSSR count). The first-order valence-electron chi connectivity index (χ1n) is 9.02. The molecule has 2 aliphatic heterocycles. The lowest BCUT2D eigenvalue weighted by molar-refractivity contribution is -0.0544. The Morgan fingerprint density at radius 2 is 1.86 bits per heavy atom. The minimum absolute atomic E-state index is 0.414. The molecule has 4 heteroatoms. The van der Waals surface area contributed by atoms with E-state index in [9.17, 15) is 0 Å². The third-order valence-electron chi connectivity index (χ3n) is 5.34. The number of rotatable bonds is 6. The molecule has 3 fully saturated rings. The SMILES string of the molecule is CC(C)N1CCOC(CN2CCC(NCC3CC3)CC2)C1. The highest BCUT2D eigenvalue weighted by Gasteiger charge is 2.27. The van der Waals surface area contributed by atoms with Crippen molar-refractivity contribution in [2.24, 2.45) is 5.92 Å². The molecule has 3 aliphatic rings. The van der Waals surface area contributed by atoms with Crippen molar-refractivity contribution in [3.05, 3.63) is 0 Å². The minimum Gasteiger partial charge on any atom is -0.374 e. The van der Waals surface area contributed by atoms with E-state index in [4.69, 9.17) is 4.74 Å². The molecule has 0 aromatic carbocycles. The van der Waals surface area contributed by atoms with Crippen molar-refractivity contribution in [2.45, 2.75) is 57.7 Å². The Kier molecular flexibility index (Phi) is 5.54. The van der Waals surface area contributed by atoms with Gasteiger partial charge in [-0.1, -0.05) is 0 Å². The van der Waals surface area contributed by atoms with Crippen LogP contribution in [0.4, 0.5) is 0 Å². The number of morpholine rings is 1. The van der Waals surface area contributed by atoms with Gasteiger partial charge >= 0.3 is 0 Å². The third-order valence-corrected chi connectivity index (χ3v) is 5.34. The van der Waals surface area contributed by atoms with E-state index in [0.717, 1.165) is 38.2 Å². The fourth-order valence-corrected chi connectivity index (χ4v) is 3.58. The number of hydrogen-bond donors (Lipinski definition) is 1. The molecule has 2 heterocycles. The molecule has 1 unspecified atom stereocenters. The molecule has 1 atom stereocenters. The van der Waals surface area contributed by atoms with E-state index < -0.39 is 0 Å². The number of piperidine rings is 1. The molecular weight excluding hydrogens is 262 g/mol. The molecule has 21 heavy (non-hydrogen) atoms. The number of nitrogens with zero attached hydrogens (tertiary/aromatic N) is 2. The lowest BCUT2D eigenvalue weighted by Crippen LogP contribution is -2.51. The zero-order valence-corrected chi connectivity index (χ0v) is 13.9. The van der Waals surface area contributed by atoms with E-state index in [0.29, 0.717) is 12.1 Å². The Morgan fingerprint density at radius 1 is 1.10 bits per heavy atom. The fourth-order valence-electron chi connectivity index (χ4n) is 3.58. The summed E-state index contributed by atoms with van der Waals surface area (Å²) in [6, 6.07) is 1.41.